The number of piperidine rings is 1. The van der Waals surface area contributed by atoms with Crippen molar-refractivity contribution in [1.82, 2.24) is 14.8 Å². The monoisotopic (exact) mass is 371 g/mol. The summed E-state index contributed by atoms with van der Waals surface area (Å²) in [5.41, 5.74) is 5.29. The summed E-state index contributed by atoms with van der Waals surface area (Å²) in [4.78, 5) is 21.8. The van der Waals surface area contributed by atoms with E-state index in [1.165, 1.54) is 5.56 Å². The Morgan fingerprint density at radius 3 is 2.88 bits per heavy atom. The molecule has 2 bridgehead atoms. The standard InChI is InChI=1S/C20H25N3O2S/c1-14-7-15(3-6-19(14)25-2)8-22-9-16-4-5-18(11-22)23(20(16)24)10-17-12-26-13-21-17/h3,6-7,12-13,16,18H,4-5,8-11H2,1-2H3/t16-,18+/m1/s1. The maximum absolute atomic E-state index is 12.9. The number of aryl methyl sites for hydroxylation is 1. The van der Waals surface area contributed by atoms with E-state index in [1.807, 2.05) is 17.0 Å². The molecular formula is C20H25N3O2S. The topological polar surface area (TPSA) is 45.7 Å². The summed E-state index contributed by atoms with van der Waals surface area (Å²) in [6.45, 7) is 5.41. The molecule has 1 aromatic heterocycles. The number of carbonyl (C=O) groups is 1. The van der Waals surface area contributed by atoms with Gasteiger partial charge in [-0.15, -0.1) is 11.3 Å². The lowest BCUT2D eigenvalue weighted by Gasteiger charge is -2.35. The number of hydrogen-bond acceptors (Lipinski definition) is 5. The van der Waals surface area contributed by atoms with Crippen LogP contribution in [0.2, 0.25) is 0 Å². The van der Waals surface area contributed by atoms with Gasteiger partial charge in [0.2, 0.25) is 5.91 Å². The lowest BCUT2D eigenvalue weighted by Crippen LogP contribution is -2.47. The van der Waals surface area contributed by atoms with Crippen molar-refractivity contribution in [3.63, 3.8) is 0 Å². The normalized spacial score (nSPS) is 23.3. The minimum atomic E-state index is 0.117. The summed E-state index contributed by atoms with van der Waals surface area (Å²) in [5, 5.41) is 2.05. The Bertz CT molecular complexity index is 777. The fourth-order valence-corrected chi connectivity index (χ4v) is 4.80. The maximum Gasteiger partial charge on any atom is 0.227 e. The molecule has 6 heteroatoms. The van der Waals surface area contributed by atoms with Crippen molar-refractivity contribution in [2.45, 2.75) is 38.9 Å². The van der Waals surface area contributed by atoms with Crippen LogP contribution in [0.25, 0.3) is 0 Å². The van der Waals surface area contributed by atoms with Crippen molar-refractivity contribution in [2.75, 3.05) is 20.2 Å². The van der Waals surface area contributed by atoms with Crippen LogP contribution in [0.15, 0.2) is 29.1 Å². The largest absolute Gasteiger partial charge is 0.496 e. The Morgan fingerprint density at radius 2 is 2.15 bits per heavy atom. The molecule has 5 rings (SSSR count). The highest BCUT2D eigenvalue weighted by atomic mass is 32.1. The zero-order valence-electron chi connectivity index (χ0n) is 15.4. The van der Waals surface area contributed by atoms with Gasteiger partial charge >= 0.3 is 0 Å². The first-order valence-corrected chi connectivity index (χ1v) is 10.1. The van der Waals surface area contributed by atoms with Crippen molar-refractivity contribution in [1.29, 1.82) is 0 Å². The number of rotatable bonds is 5. The Kier molecular flexibility index (Phi) is 4.96. The molecular weight excluding hydrogens is 346 g/mol. The zero-order valence-corrected chi connectivity index (χ0v) is 16.2. The van der Waals surface area contributed by atoms with Crippen LogP contribution >= 0.6 is 11.3 Å². The van der Waals surface area contributed by atoms with Gasteiger partial charge < -0.3 is 9.64 Å². The van der Waals surface area contributed by atoms with Gasteiger partial charge in [0.05, 0.1) is 30.8 Å². The highest BCUT2D eigenvalue weighted by Crippen LogP contribution is 2.31. The first-order chi connectivity index (χ1) is 12.6. The number of ether oxygens (including phenoxy) is 1. The van der Waals surface area contributed by atoms with Crippen LogP contribution in [-0.2, 0) is 17.9 Å². The summed E-state index contributed by atoms with van der Waals surface area (Å²) in [5.74, 6) is 1.35. The molecule has 3 fully saturated rings. The van der Waals surface area contributed by atoms with E-state index in [2.05, 4.69) is 33.8 Å². The van der Waals surface area contributed by atoms with Crippen LogP contribution in [-0.4, -0.2) is 46.9 Å². The summed E-state index contributed by atoms with van der Waals surface area (Å²) in [6, 6.07) is 6.66. The summed E-state index contributed by atoms with van der Waals surface area (Å²) < 4.78 is 5.36. The van der Waals surface area contributed by atoms with Crippen LogP contribution in [0.4, 0.5) is 0 Å². The molecule has 0 N–H and O–H groups in total. The van der Waals surface area contributed by atoms with Crippen LogP contribution in [0.1, 0.15) is 29.7 Å². The summed E-state index contributed by atoms with van der Waals surface area (Å²) in [6.07, 6.45) is 2.11. The van der Waals surface area contributed by atoms with Crippen molar-refractivity contribution >= 4 is 17.2 Å². The molecule has 0 aliphatic carbocycles. The fraction of sp³-hybridized carbons (Fsp3) is 0.500. The predicted octanol–water partition coefficient (Wildman–Crippen LogP) is 3.08. The van der Waals surface area contributed by atoms with Gasteiger partial charge in [-0.3, -0.25) is 9.69 Å². The maximum atomic E-state index is 12.9. The Balaban J connectivity index is 1.49. The number of aromatic nitrogens is 1. The van der Waals surface area contributed by atoms with E-state index in [9.17, 15) is 4.79 Å². The average molecular weight is 372 g/mol. The molecule has 0 unspecified atom stereocenters. The predicted molar refractivity (Wildman–Crippen MR) is 102 cm³/mol. The average Bonchev–Trinajstić information content (AvgIpc) is 3.01. The van der Waals surface area contributed by atoms with Gasteiger partial charge in [0.15, 0.2) is 0 Å². The summed E-state index contributed by atoms with van der Waals surface area (Å²) in [7, 11) is 1.71. The summed E-state index contributed by atoms with van der Waals surface area (Å²) >= 11 is 1.59. The second-order valence-corrected chi connectivity index (χ2v) is 8.09. The van der Waals surface area contributed by atoms with Crippen molar-refractivity contribution in [2.24, 2.45) is 5.92 Å². The third-order valence-electron chi connectivity index (χ3n) is 5.55. The molecule has 2 atom stereocenters. The Hall–Kier alpha value is -1.92. The molecule has 0 spiro atoms. The minimum absolute atomic E-state index is 0.117. The number of thiazole rings is 1. The second kappa shape index (κ2) is 7.37. The van der Waals surface area contributed by atoms with Crippen molar-refractivity contribution < 1.29 is 9.53 Å². The van der Waals surface area contributed by atoms with E-state index in [0.29, 0.717) is 18.5 Å². The number of benzene rings is 1. The lowest BCUT2D eigenvalue weighted by molar-refractivity contribution is -0.140. The lowest BCUT2D eigenvalue weighted by atomic mass is 9.94. The first kappa shape index (κ1) is 17.5. The SMILES string of the molecule is COc1ccc(CN2C[C@H]3CC[C@@H](C2)N(Cc2cscn2)C3=O)cc1C. The van der Waals surface area contributed by atoms with E-state index in [1.54, 1.807) is 18.4 Å². The number of hydrogen-bond donors (Lipinski definition) is 0. The smallest absolute Gasteiger partial charge is 0.227 e. The zero-order chi connectivity index (χ0) is 18.1. The molecule has 1 aromatic carbocycles. The number of carbonyl (C=O) groups excluding carboxylic acids is 1. The first-order valence-electron chi connectivity index (χ1n) is 9.17. The van der Waals surface area contributed by atoms with Gasteiger partial charge in [-0.05, 0) is 37.0 Å². The third-order valence-corrected chi connectivity index (χ3v) is 6.19. The number of fused-ring (bicyclic) bond motifs is 4. The Morgan fingerprint density at radius 1 is 1.27 bits per heavy atom. The van der Waals surface area contributed by atoms with Gasteiger partial charge in [0.25, 0.3) is 0 Å². The molecule has 0 saturated carbocycles. The van der Waals surface area contributed by atoms with Crippen molar-refractivity contribution in [3.05, 3.63) is 45.9 Å². The molecule has 3 aliphatic heterocycles. The molecule has 4 heterocycles. The van der Waals surface area contributed by atoms with E-state index >= 15 is 0 Å². The minimum Gasteiger partial charge on any atom is -0.496 e. The molecule has 1 amide bonds. The van der Waals surface area contributed by atoms with Gasteiger partial charge in [0.1, 0.15) is 5.75 Å². The molecule has 3 saturated heterocycles. The number of methoxy groups -OCH3 is 1. The molecule has 26 heavy (non-hydrogen) atoms. The van der Waals surface area contributed by atoms with Crippen LogP contribution in [0.3, 0.4) is 0 Å². The molecule has 2 aromatic rings. The van der Waals surface area contributed by atoms with Gasteiger partial charge in [-0.25, -0.2) is 4.98 Å². The third kappa shape index (κ3) is 3.48. The van der Waals surface area contributed by atoms with Crippen LogP contribution < -0.4 is 4.74 Å². The van der Waals surface area contributed by atoms with Gasteiger partial charge in [-0.1, -0.05) is 12.1 Å². The quantitative estimate of drug-likeness (QED) is 0.810. The van der Waals surface area contributed by atoms with E-state index in [-0.39, 0.29) is 5.92 Å². The second-order valence-electron chi connectivity index (χ2n) is 7.37. The van der Waals surface area contributed by atoms with Gasteiger partial charge in [-0.2, -0.15) is 0 Å². The highest BCUT2D eigenvalue weighted by molar-refractivity contribution is 7.07. The van der Waals surface area contributed by atoms with Gasteiger partial charge in [0, 0.05) is 31.1 Å². The van der Waals surface area contributed by atoms with Crippen LogP contribution in [0, 0.1) is 12.8 Å². The highest BCUT2D eigenvalue weighted by Gasteiger charge is 2.40. The molecule has 3 aliphatic rings. The molecule has 138 valence electrons. The fourth-order valence-electron chi connectivity index (χ4n) is 4.25. The Labute approximate surface area is 158 Å². The number of nitrogens with zero attached hydrogens (tertiary/aromatic N) is 3. The van der Waals surface area contributed by atoms with E-state index in [4.69, 9.17) is 4.74 Å². The van der Waals surface area contributed by atoms with Crippen molar-refractivity contribution in [3.8, 4) is 5.75 Å². The van der Waals surface area contributed by atoms with E-state index < -0.39 is 0 Å². The van der Waals surface area contributed by atoms with Crippen LogP contribution in [0.5, 0.6) is 5.75 Å². The molecule has 0 radical (unpaired) electrons. The molecule has 5 nitrogen and oxygen atoms in total. The number of amides is 1. The van der Waals surface area contributed by atoms with E-state index in [0.717, 1.165) is 49.5 Å².